The molecule has 0 amide bonds. The van der Waals surface area contributed by atoms with Crippen LogP contribution in [0, 0.1) is 0 Å². The van der Waals surface area contributed by atoms with Crippen LogP contribution in [-0.4, -0.2) is 29.9 Å². The molecule has 0 fully saturated rings. The van der Waals surface area contributed by atoms with Gasteiger partial charge in [0.05, 0.1) is 23.9 Å². The molecule has 4 heterocycles. The lowest BCUT2D eigenvalue weighted by Crippen LogP contribution is -2.04. The molecule has 0 bridgehead atoms. The van der Waals surface area contributed by atoms with Crippen LogP contribution in [0.25, 0.3) is 22.2 Å². The molecule has 0 atom stereocenters. The van der Waals surface area contributed by atoms with Crippen molar-refractivity contribution in [1.29, 1.82) is 0 Å². The lowest BCUT2D eigenvalue weighted by atomic mass is 10.1. The molecule has 8 heteroatoms. The third-order valence-electron chi connectivity index (χ3n) is 4.02. The van der Waals surface area contributed by atoms with Crippen LogP contribution in [0.4, 0.5) is 11.5 Å². The monoisotopic (exact) mass is 359 g/mol. The van der Waals surface area contributed by atoms with E-state index in [1.165, 1.54) is 0 Å². The molecule has 5 rings (SSSR count). The number of nitrogens with zero attached hydrogens (tertiary/aromatic N) is 6. The maximum absolute atomic E-state index is 4.63. The predicted molar refractivity (Wildman–Crippen MR) is 102 cm³/mol. The van der Waals surface area contributed by atoms with E-state index in [0.717, 1.165) is 22.2 Å². The predicted octanol–water partition coefficient (Wildman–Crippen LogP) is 3.62. The molecular weight excluding hydrogens is 346 g/mol. The number of aromatic nitrogens is 6. The molecule has 0 radical (unpaired) electrons. The minimum Gasteiger partial charge on any atom is -0.338 e. The van der Waals surface area contributed by atoms with Crippen LogP contribution in [0.5, 0.6) is 0 Å². The fraction of sp³-hybridized carbons (Fsp3) is 0.0556. The molecule has 26 heavy (non-hydrogen) atoms. The molecule has 1 aromatic carbocycles. The highest BCUT2D eigenvalue weighted by atomic mass is 32.1. The molecule has 0 aliphatic heterocycles. The van der Waals surface area contributed by atoms with Gasteiger partial charge in [0.1, 0.15) is 0 Å². The van der Waals surface area contributed by atoms with Crippen LogP contribution in [0.15, 0.2) is 59.6 Å². The van der Waals surface area contributed by atoms with Crippen molar-refractivity contribution in [2.45, 2.75) is 6.54 Å². The molecule has 0 aliphatic carbocycles. The summed E-state index contributed by atoms with van der Waals surface area (Å²) in [5, 5.41) is 16.7. The molecule has 0 unspecified atom stereocenters. The highest BCUT2D eigenvalue weighted by molar-refractivity contribution is 7.08. The number of rotatable bonds is 4. The van der Waals surface area contributed by atoms with Gasteiger partial charge in [-0.1, -0.05) is 17.3 Å². The van der Waals surface area contributed by atoms with Crippen LogP contribution in [-0.2, 0) is 6.54 Å². The van der Waals surface area contributed by atoms with Crippen molar-refractivity contribution in [2.24, 2.45) is 0 Å². The fourth-order valence-corrected chi connectivity index (χ4v) is 3.39. The second-order valence-electron chi connectivity index (χ2n) is 5.82. The lowest BCUT2D eigenvalue weighted by molar-refractivity contribution is 0.664. The summed E-state index contributed by atoms with van der Waals surface area (Å²) in [7, 11) is 0. The SMILES string of the molecule is c1cnc2ccc(Cn3nnc4ncc(Nc5ccsc5)nc43)cc2c1. The van der Waals surface area contributed by atoms with E-state index in [1.807, 2.05) is 41.1 Å². The van der Waals surface area contributed by atoms with Crippen LogP contribution in [0.3, 0.4) is 0 Å². The number of fused-ring (bicyclic) bond motifs is 2. The van der Waals surface area contributed by atoms with E-state index in [1.54, 1.807) is 28.4 Å². The van der Waals surface area contributed by atoms with Crippen LogP contribution in [0.1, 0.15) is 5.56 Å². The van der Waals surface area contributed by atoms with Crippen molar-refractivity contribution < 1.29 is 0 Å². The van der Waals surface area contributed by atoms with Crippen LogP contribution < -0.4 is 5.32 Å². The largest absolute Gasteiger partial charge is 0.338 e. The normalized spacial score (nSPS) is 11.2. The minimum atomic E-state index is 0.531. The molecule has 1 N–H and O–H groups in total. The van der Waals surface area contributed by atoms with Crippen molar-refractivity contribution in [1.82, 2.24) is 29.9 Å². The number of hydrogen-bond acceptors (Lipinski definition) is 7. The first kappa shape index (κ1) is 14.9. The summed E-state index contributed by atoms with van der Waals surface area (Å²) in [5.74, 6) is 0.669. The first-order chi connectivity index (χ1) is 12.8. The second-order valence-corrected chi connectivity index (χ2v) is 6.60. The third kappa shape index (κ3) is 2.76. The van der Waals surface area contributed by atoms with E-state index < -0.39 is 0 Å². The number of nitrogens with one attached hydrogen (secondary N) is 1. The average molecular weight is 359 g/mol. The Kier molecular flexibility index (Phi) is 3.53. The van der Waals surface area contributed by atoms with Gasteiger partial charge in [-0.15, -0.1) is 5.10 Å². The zero-order chi connectivity index (χ0) is 17.3. The number of hydrogen-bond donors (Lipinski definition) is 1. The summed E-state index contributed by atoms with van der Waals surface area (Å²) < 4.78 is 1.76. The summed E-state index contributed by atoms with van der Waals surface area (Å²) >= 11 is 1.62. The van der Waals surface area contributed by atoms with E-state index in [9.17, 15) is 0 Å². The number of thiophene rings is 1. The van der Waals surface area contributed by atoms with Crippen LogP contribution in [0.2, 0.25) is 0 Å². The Bertz CT molecular complexity index is 1200. The highest BCUT2D eigenvalue weighted by Crippen LogP contribution is 2.19. The Labute approximate surface area is 152 Å². The highest BCUT2D eigenvalue weighted by Gasteiger charge is 2.10. The van der Waals surface area contributed by atoms with Gasteiger partial charge in [0.15, 0.2) is 11.5 Å². The Morgan fingerprint density at radius 3 is 3.04 bits per heavy atom. The molecule has 0 saturated carbocycles. The van der Waals surface area contributed by atoms with E-state index in [0.29, 0.717) is 23.7 Å². The van der Waals surface area contributed by atoms with Crippen molar-refractivity contribution in [2.75, 3.05) is 5.32 Å². The summed E-state index contributed by atoms with van der Waals surface area (Å²) in [4.78, 5) is 13.3. The molecule has 5 aromatic rings. The minimum absolute atomic E-state index is 0.531. The Balaban J connectivity index is 1.49. The standard InChI is InChI=1S/C18H13N7S/c1-2-13-8-12(3-4-15(13)19-6-1)10-25-18-17(23-24-25)20-9-16(22-18)21-14-5-7-26-11-14/h1-9,11H,10H2,(H,21,22). The summed E-state index contributed by atoms with van der Waals surface area (Å²) in [5.41, 5.74) is 4.25. The molecular formula is C18H13N7S. The van der Waals surface area contributed by atoms with Gasteiger partial charge < -0.3 is 5.32 Å². The van der Waals surface area contributed by atoms with Crippen molar-refractivity contribution >= 4 is 45.0 Å². The summed E-state index contributed by atoms with van der Waals surface area (Å²) in [6, 6.07) is 12.1. The first-order valence-electron chi connectivity index (χ1n) is 8.04. The van der Waals surface area contributed by atoms with Gasteiger partial charge in [-0.2, -0.15) is 11.3 Å². The van der Waals surface area contributed by atoms with Gasteiger partial charge in [0.25, 0.3) is 0 Å². The molecule has 4 aromatic heterocycles. The molecule has 0 aliphatic rings. The molecule has 126 valence electrons. The second kappa shape index (κ2) is 6.16. The Hall–Kier alpha value is -3.39. The molecule has 0 saturated heterocycles. The van der Waals surface area contributed by atoms with Gasteiger partial charge in [-0.3, -0.25) is 4.98 Å². The topological polar surface area (TPSA) is 81.4 Å². The van der Waals surface area contributed by atoms with Gasteiger partial charge >= 0.3 is 0 Å². The van der Waals surface area contributed by atoms with E-state index >= 15 is 0 Å². The fourth-order valence-electron chi connectivity index (χ4n) is 2.80. The maximum atomic E-state index is 4.63. The first-order valence-corrected chi connectivity index (χ1v) is 8.98. The molecule has 7 nitrogen and oxygen atoms in total. The zero-order valence-electron chi connectivity index (χ0n) is 13.6. The van der Waals surface area contributed by atoms with E-state index in [-0.39, 0.29) is 0 Å². The number of anilines is 2. The smallest absolute Gasteiger partial charge is 0.221 e. The summed E-state index contributed by atoms with van der Waals surface area (Å²) in [6.45, 7) is 0.567. The average Bonchev–Trinajstić information content (AvgIpc) is 3.32. The quantitative estimate of drug-likeness (QED) is 0.528. The van der Waals surface area contributed by atoms with E-state index in [4.69, 9.17) is 0 Å². The van der Waals surface area contributed by atoms with Gasteiger partial charge in [-0.25, -0.2) is 14.6 Å². The molecule has 0 spiro atoms. The third-order valence-corrected chi connectivity index (χ3v) is 4.70. The Morgan fingerprint density at radius 1 is 1.12 bits per heavy atom. The van der Waals surface area contributed by atoms with Crippen LogP contribution >= 0.6 is 11.3 Å². The van der Waals surface area contributed by atoms with Gasteiger partial charge in [0.2, 0.25) is 5.65 Å². The van der Waals surface area contributed by atoms with Crippen molar-refractivity contribution in [3.05, 3.63) is 65.1 Å². The maximum Gasteiger partial charge on any atom is 0.221 e. The Morgan fingerprint density at radius 2 is 2.12 bits per heavy atom. The van der Waals surface area contributed by atoms with E-state index in [2.05, 4.69) is 36.6 Å². The lowest BCUT2D eigenvalue weighted by Gasteiger charge is -2.05. The number of benzene rings is 1. The number of pyridine rings is 1. The van der Waals surface area contributed by atoms with Gasteiger partial charge in [-0.05, 0) is 35.2 Å². The van der Waals surface area contributed by atoms with Gasteiger partial charge in [0, 0.05) is 17.0 Å². The summed E-state index contributed by atoms with van der Waals surface area (Å²) in [6.07, 6.45) is 3.46. The van der Waals surface area contributed by atoms with Crippen molar-refractivity contribution in [3.63, 3.8) is 0 Å². The zero-order valence-corrected chi connectivity index (χ0v) is 14.4. The van der Waals surface area contributed by atoms with Crippen molar-refractivity contribution in [3.8, 4) is 0 Å².